The molecule has 0 N–H and O–H groups in total. The van der Waals surface area contributed by atoms with Gasteiger partial charge < -0.3 is 4.90 Å². The Morgan fingerprint density at radius 1 is 1.43 bits per heavy atom. The second-order valence-corrected chi connectivity index (χ2v) is 3.94. The number of rotatable bonds is 0. The molecule has 1 aromatic rings. The highest BCUT2D eigenvalue weighted by Gasteiger charge is 2.14. The van der Waals surface area contributed by atoms with E-state index in [2.05, 4.69) is 23.9 Å². The summed E-state index contributed by atoms with van der Waals surface area (Å²) in [4.78, 5) is 6.38. The summed E-state index contributed by atoms with van der Waals surface area (Å²) in [5, 5.41) is 0. The minimum absolute atomic E-state index is 0.847. The van der Waals surface area contributed by atoms with Crippen LogP contribution in [-0.2, 0) is 0 Å². The first-order chi connectivity index (χ1) is 6.70. The van der Waals surface area contributed by atoms with Gasteiger partial charge in [-0.25, -0.2) is 0 Å². The number of nitrogens with zero attached hydrogens (tertiary/aromatic N) is 2. The second-order valence-electron chi connectivity index (χ2n) is 3.94. The van der Waals surface area contributed by atoms with Crippen molar-refractivity contribution in [3.05, 3.63) is 30.1 Å². The van der Waals surface area contributed by atoms with Gasteiger partial charge in [0.25, 0.3) is 0 Å². The molecule has 14 heavy (non-hydrogen) atoms. The third-order valence-corrected chi connectivity index (χ3v) is 2.70. The van der Waals surface area contributed by atoms with Crippen molar-refractivity contribution in [1.82, 2.24) is 9.88 Å². The van der Waals surface area contributed by atoms with Crippen LogP contribution in [0.1, 0.15) is 25.5 Å². The van der Waals surface area contributed by atoms with Crippen molar-refractivity contribution in [2.45, 2.75) is 32.7 Å². The third kappa shape index (κ3) is 3.88. The number of hydrogen-bond acceptors (Lipinski definition) is 2. The molecule has 2 nitrogen and oxygen atoms in total. The molecule has 2 rings (SSSR count). The van der Waals surface area contributed by atoms with Crippen LogP contribution in [0.5, 0.6) is 0 Å². The zero-order valence-corrected chi connectivity index (χ0v) is 9.40. The highest BCUT2D eigenvalue weighted by atomic mass is 15.1. The van der Waals surface area contributed by atoms with Crippen LogP contribution in [0.4, 0.5) is 0 Å². The van der Waals surface area contributed by atoms with Crippen LogP contribution >= 0.6 is 0 Å². The van der Waals surface area contributed by atoms with Gasteiger partial charge in [-0.15, -0.1) is 0 Å². The zero-order valence-electron chi connectivity index (χ0n) is 9.40. The van der Waals surface area contributed by atoms with Gasteiger partial charge in [0.1, 0.15) is 0 Å². The van der Waals surface area contributed by atoms with Gasteiger partial charge in [-0.1, -0.05) is 6.07 Å². The quantitative estimate of drug-likeness (QED) is 0.628. The van der Waals surface area contributed by atoms with Crippen molar-refractivity contribution in [2.24, 2.45) is 0 Å². The molecule has 1 aliphatic rings. The van der Waals surface area contributed by atoms with E-state index in [4.69, 9.17) is 0 Å². The van der Waals surface area contributed by atoms with Crippen LogP contribution in [-0.4, -0.2) is 29.5 Å². The molecular weight excluding hydrogens is 172 g/mol. The van der Waals surface area contributed by atoms with E-state index in [1.807, 2.05) is 25.1 Å². The molecule has 2 heteroatoms. The minimum atomic E-state index is 0.847. The Hall–Kier alpha value is -0.890. The van der Waals surface area contributed by atoms with Gasteiger partial charge in [0.2, 0.25) is 0 Å². The molecule has 1 atom stereocenters. The fourth-order valence-corrected chi connectivity index (χ4v) is 1.53. The summed E-state index contributed by atoms with van der Waals surface area (Å²) in [7, 11) is 2.19. The normalized spacial score (nSPS) is 21.5. The summed E-state index contributed by atoms with van der Waals surface area (Å²) < 4.78 is 0. The maximum absolute atomic E-state index is 3.98. The molecule has 78 valence electrons. The lowest BCUT2D eigenvalue weighted by atomic mass is 10.3. The molecule has 0 bridgehead atoms. The van der Waals surface area contributed by atoms with Gasteiger partial charge in [-0.05, 0) is 52.4 Å². The Morgan fingerprint density at radius 2 is 2.21 bits per heavy atom. The van der Waals surface area contributed by atoms with Gasteiger partial charge >= 0.3 is 0 Å². The van der Waals surface area contributed by atoms with Crippen molar-refractivity contribution in [3.8, 4) is 0 Å². The molecule has 0 aliphatic carbocycles. The average molecular weight is 192 g/mol. The van der Waals surface area contributed by atoms with Crippen LogP contribution in [0.3, 0.4) is 0 Å². The lowest BCUT2D eigenvalue weighted by Crippen LogP contribution is -2.20. The standard InChI is InChI=1S/C6H13N.C6H7N/c1-6-4-3-5-7(6)2;1-6-4-2-3-5-7-6/h6H,3-5H2,1-2H3;2-5H,1H3. The molecule has 2 heterocycles. The average Bonchev–Trinajstić information content (AvgIpc) is 2.53. The van der Waals surface area contributed by atoms with E-state index in [1.54, 1.807) is 6.20 Å². The Bertz CT molecular complexity index is 238. The van der Waals surface area contributed by atoms with Gasteiger partial charge in [-0.3, -0.25) is 4.98 Å². The first-order valence-electron chi connectivity index (χ1n) is 5.28. The van der Waals surface area contributed by atoms with Crippen LogP contribution in [0, 0.1) is 6.92 Å². The van der Waals surface area contributed by atoms with E-state index in [-0.39, 0.29) is 0 Å². The fraction of sp³-hybridized carbons (Fsp3) is 0.583. The zero-order chi connectivity index (χ0) is 10.4. The number of likely N-dealkylation sites (tertiary alicyclic amines) is 1. The Labute approximate surface area is 87.0 Å². The number of pyridine rings is 1. The maximum atomic E-state index is 3.98. The Morgan fingerprint density at radius 3 is 2.43 bits per heavy atom. The first kappa shape index (κ1) is 11.2. The number of aromatic nitrogens is 1. The van der Waals surface area contributed by atoms with Crippen LogP contribution < -0.4 is 0 Å². The van der Waals surface area contributed by atoms with E-state index in [0.29, 0.717) is 0 Å². The van der Waals surface area contributed by atoms with E-state index < -0.39 is 0 Å². The van der Waals surface area contributed by atoms with Crippen LogP contribution in [0.2, 0.25) is 0 Å². The lowest BCUT2D eigenvalue weighted by molar-refractivity contribution is 0.331. The lowest BCUT2D eigenvalue weighted by Gasteiger charge is -2.12. The first-order valence-corrected chi connectivity index (χ1v) is 5.28. The minimum Gasteiger partial charge on any atom is -0.304 e. The molecule has 0 aromatic carbocycles. The second kappa shape index (κ2) is 5.76. The maximum Gasteiger partial charge on any atom is 0.0372 e. The van der Waals surface area contributed by atoms with Crippen molar-refractivity contribution in [2.75, 3.05) is 13.6 Å². The predicted molar refractivity (Wildman–Crippen MR) is 60.3 cm³/mol. The molecule has 1 fully saturated rings. The van der Waals surface area contributed by atoms with E-state index in [9.17, 15) is 0 Å². The molecule has 1 saturated heterocycles. The summed E-state index contributed by atoms with van der Waals surface area (Å²) >= 11 is 0. The van der Waals surface area contributed by atoms with Crippen LogP contribution in [0.15, 0.2) is 24.4 Å². The molecular formula is C12H20N2. The van der Waals surface area contributed by atoms with Gasteiger partial charge in [-0.2, -0.15) is 0 Å². The van der Waals surface area contributed by atoms with Gasteiger partial charge in [0, 0.05) is 17.9 Å². The van der Waals surface area contributed by atoms with E-state index in [0.717, 1.165) is 11.7 Å². The van der Waals surface area contributed by atoms with Crippen molar-refractivity contribution >= 4 is 0 Å². The van der Waals surface area contributed by atoms with Crippen molar-refractivity contribution in [3.63, 3.8) is 0 Å². The monoisotopic (exact) mass is 192 g/mol. The summed E-state index contributed by atoms with van der Waals surface area (Å²) in [5.74, 6) is 0. The summed E-state index contributed by atoms with van der Waals surface area (Å²) in [5.41, 5.74) is 1.07. The smallest absolute Gasteiger partial charge is 0.0372 e. The van der Waals surface area contributed by atoms with Gasteiger partial charge in [0.05, 0.1) is 0 Å². The largest absolute Gasteiger partial charge is 0.304 e. The van der Waals surface area contributed by atoms with Crippen LogP contribution in [0.25, 0.3) is 0 Å². The Balaban J connectivity index is 0.000000140. The van der Waals surface area contributed by atoms with Crippen molar-refractivity contribution in [1.29, 1.82) is 0 Å². The molecule has 1 unspecified atom stereocenters. The molecule has 0 amide bonds. The van der Waals surface area contributed by atoms with Gasteiger partial charge in [0.15, 0.2) is 0 Å². The third-order valence-electron chi connectivity index (χ3n) is 2.70. The van der Waals surface area contributed by atoms with E-state index in [1.165, 1.54) is 19.4 Å². The highest BCUT2D eigenvalue weighted by molar-refractivity contribution is 4.99. The number of hydrogen-bond donors (Lipinski definition) is 0. The summed E-state index contributed by atoms with van der Waals surface area (Å²) in [6.07, 6.45) is 4.59. The fourth-order valence-electron chi connectivity index (χ4n) is 1.53. The van der Waals surface area contributed by atoms with Crippen molar-refractivity contribution < 1.29 is 0 Å². The Kier molecular flexibility index (Phi) is 4.60. The molecule has 0 spiro atoms. The molecule has 1 aromatic heterocycles. The SMILES string of the molecule is CC1CCCN1C.Cc1ccccn1. The molecule has 0 saturated carbocycles. The predicted octanol–water partition coefficient (Wildman–Crippen LogP) is 2.49. The number of aryl methyl sites for hydroxylation is 1. The highest BCUT2D eigenvalue weighted by Crippen LogP contribution is 2.12. The van der Waals surface area contributed by atoms with E-state index >= 15 is 0 Å². The molecule has 1 aliphatic heterocycles. The summed E-state index contributed by atoms with van der Waals surface area (Å²) in [6.45, 7) is 5.56. The molecule has 0 radical (unpaired) electrons. The topological polar surface area (TPSA) is 16.1 Å². The summed E-state index contributed by atoms with van der Waals surface area (Å²) in [6, 6.07) is 6.70.